The SMILES string of the molecule is CN1C/C=C/[C@H](O)[C@@H]2CC[C@H]2CN2C[C@@]3(CCCc4cc(Cl)ccc43)COc3ccc(cc32)[C@](O)(C(=O)O)CC1=O. The van der Waals surface area contributed by atoms with Gasteiger partial charge in [-0.1, -0.05) is 35.9 Å². The molecule has 0 saturated heterocycles. The third kappa shape index (κ3) is 5.00. The quantitative estimate of drug-likeness (QED) is 0.439. The number of carbonyl (C=O) groups is 2. The van der Waals surface area contributed by atoms with Gasteiger partial charge in [-0.3, -0.25) is 4.79 Å². The number of aliphatic hydroxyl groups excluding tert-OH is 1. The van der Waals surface area contributed by atoms with Crippen LogP contribution in [0.25, 0.3) is 0 Å². The number of carboxylic acids is 1. The number of carbonyl (C=O) groups excluding carboxylic acids is 1. The highest BCUT2D eigenvalue weighted by atomic mass is 35.5. The monoisotopic (exact) mass is 580 g/mol. The maximum atomic E-state index is 13.0. The molecule has 2 aliphatic heterocycles. The number of nitrogens with zero attached hydrogens (tertiary/aromatic N) is 2. The third-order valence-corrected chi connectivity index (χ3v) is 10.0. The van der Waals surface area contributed by atoms with Gasteiger partial charge in [0.15, 0.2) is 5.60 Å². The van der Waals surface area contributed by atoms with Crippen LogP contribution < -0.4 is 9.64 Å². The summed E-state index contributed by atoms with van der Waals surface area (Å²) in [5, 5.41) is 33.4. The van der Waals surface area contributed by atoms with E-state index in [1.165, 1.54) is 16.0 Å². The van der Waals surface area contributed by atoms with Crippen LogP contribution in [-0.4, -0.2) is 71.5 Å². The summed E-state index contributed by atoms with van der Waals surface area (Å²) in [4.78, 5) is 29.1. The molecule has 5 atom stereocenters. The molecule has 1 fully saturated rings. The lowest BCUT2D eigenvalue weighted by Crippen LogP contribution is -2.49. The summed E-state index contributed by atoms with van der Waals surface area (Å²) in [7, 11) is 1.56. The van der Waals surface area contributed by atoms with E-state index < -0.39 is 30.0 Å². The molecular weight excluding hydrogens is 544 g/mol. The molecule has 0 aromatic heterocycles. The zero-order valence-electron chi connectivity index (χ0n) is 23.3. The minimum Gasteiger partial charge on any atom is -0.490 e. The van der Waals surface area contributed by atoms with Gasteiger partial charge in [-0.05, 0) is 84.9 Å². The smallest absolute Gasteiger partial charge is 0.340 e. The number of carboxylic acid groups (broad SMARTS) is 1. The average molecular weight is 581 g/mol. The van der Waals surface area contributed by atoms with E-state index in [-0.39, 0.29) is 29.4 Å². The third-order valence-electron chi connectivity index (χ3n) is 9.78. The molecule has 1 spiro atoms. The molecule has 2 aromatic carbocycles. The fraction of sp³-hybridized carbons (Fsp3) is 0.500. The van der Waals surface area contributed by atoms with Crippen LogP contribution in [0.1, 0.15) is 48.8 Å². The second-order valence-corrected chi connectivity index (χ2v) is 12.8. The highest BCUT2D eigenvalue weighted by Gasteiger charge is 2.46. The molecule has 2 aromatic rings. The minimum atomic E-state index is -2.41. The molecule has 3 N–H and O–H groups in total. The molecule has 8 nitrogen and oxygen atoms in total. The number of amides is 1. The van der Waals surface area contributed by atoms with Crippen molar-refractivity contribution >= 4 is 29.2 Å². The van der Waals surface area contributed by atoms with Gasteiger partial charge in [0.1, 0.15) is 5.75 Å². The van der Waals surface area contributed by atoms with Gasteiger partial charge in [-0.2, -0.15) is 0 Å². The fourth-order valence-electron chi connectivity index (χ4n) is 7.18. The van der Waals surface area contributed by atoms with Crippen molar-refractivity contribution in [2.45, 2.75) is 55.6 Å². The van der Waals surface area contributed by atoms with Crippen molar-refractivity contribution in [2.24, 2.45) is 11.8 Å². The zero-order chi connectivity index (χ0) is 28.9. The van der Waals surface area contributed by atoms with Crippen LogP contribution in [0.15, 0.2) is 48.6 Å². The fourth-order valence-corrected chi connectivity index (χ4v) is 7.38. The summed E-state index contributed by atoms with van der Waals surface area (Å²) < 4.78 is 6.51. The molecule has 41 heavy (non-hydrogen) atoms. The Morgan fingerprint density at radius 2 is 2.00 bits per heavy atom. The van der Waals surface area contributed by atoms with E-state index in [9.17, 15) is 24.9 Å². The Morgan fingerprint density at radius 1 is 1.17 bits per heavy atom. The van der Waals surface area contributed by atoms with E-state index in [2.05, 4.69) is 11.0 Å². The summed E-state index contributed by atoms with van der Waals surface area (Å²) >= 11 is 6.37. The molecule has 0 unspecified atom stereocenters. The lowest BCUT2D eigenvalue weighted by atomic mass is 9.68. The molecule has 0 radical (unpaired) electrons. The molecule has 2 bridgehead atoms. The molecule has 1 saturated carbocycles. The maximum absolute atomic E-state index is 13.0. The van der Waals surface area contributed by atoms with E-state index in [4.69, 9.17) is 16.3 Å². The van der Waals surface area contributed by atoms with Crippen molar-refractivity contribution in [3.8, 4) is 5.75 Å². The highest BCUT2D eigenvalue weighted by molar-refractivity contribution is 6.30. The topological polar surface area (TPSA) is 111 Å². The number of ether oxygens (including phenoxy) is 1. The zero-order valence-corrected chi connectivity index (χ0v) is 24.0. The number of hydrogen-bond donors (Lipinski definition) is 3. The Morgan fingerprint density at radius 3 is 2.76 bits per heavy atom. The predicted octanol–water partition coefficient (Wildman–Crippen LogP) is 3.89. The Kier molecular flexibility index (Phi) is 7.29. The Balaban J connectivity index is 1.47. The number of aliphatic carboxylic acids is 1. The predicted molar refractivity (Wildman–Crippen MR) is 155 cm³/mol. The number of halogens is 1. The van der Waals surface area contributed by atoms with Crippen LogP contribution >= 0.6 is 11.6 Å². The van der Waals surface area contributed by atoms with E-state index in [1.54, 1.807) is 37.4 Å². The molecule has 6 rings (SSSR count). The lowest BCUT2D eigenvalue weighted by molar-refractivity contribution is -0.164. The maximum Gasteiger partial charge on any atom is 0.340 e. The van der Waals surface area contributed by atoms with E-state index >= 15 is 0 Å². The molecule has 9 heteroatoms. The van der Waals surface area contributed by atoms with Gasteiger partial charge < -0.3 is 29.9 Å². The van der Waals surface area contributed by atoms with E-state index in [0.717, 1.165) is 32.1 Å². The number of hydrogen-bond acceptors (Lipinski definition) is 6. The summed E-state index contributed by atoms with van der Waals surface area (Å²) in [6.07, 6.45) is 6.99. The number of fused-ring (bicyclic) bond motifs is 4. The largest absolute Gasteiger partial charge is 0.490 e. The van der Waals surface area contributed by atoms with Crippen molar-refractivity contribution in [2.75, 3.05) is 38.2 Å². The first kappa shape index (κ1) is 28.1. The van der Waals surface area contributed by atoms with Gasteiger partial charge in [0.2, 0.25) is 5.91 Å². The van der Waals surface area contributed by atoms with Crippen molar-refractivity contribution in [3.05, 3.63) is 70.3 Å². The first-order valence-corrected chi connectivity index (χ1v) is 14.8. The average Bonchev–Trinajstić information content (AvgIpc) is 3.07. The van der Waals surface area contributed by atoms with Gasteiger partial charge in [0.25, 0.3) is 0 Å². The first-order valence-electron chi connectivity index (χ1n) is 14.5. The van der Waals surface area contributed by atoms with E-state index in [1.807, 2.05) is 12.1 Å². The van der Waals surface area contributed by atoms with Crippen LogP contribution in [-0.2, 0) is 27.0 Å². The first-order chi connectivity index (χ1) is 19.6. The Hall–Kier alpha value is -3.07. The van der Waals surface area contributed by atoms with Crippen molar-refractivity contribution < 1.29 is 29.6 Å². The van der Waals surface area contributed by atoms with Crippen LogP contribution in [0.3, 0.4) is 0 Å². The molecule has 4 aliphatic rings. The standard InChI is InChI=1S/C32H37ClN2O6/c1-34-13-3-5-27(36)24-9-6-21(24)17-35-18-31(12-2-4-20-14-23(33)8-10-25(20)31)19-41-28-11-7-22(15-26(28)35)32(40,30(38)39)16-29(34)37/h3,5,7-8,10-11,14-15,21,24,27,36,40H,2,4,6,9,12-13,16-19H2,1H3,(H,38,39)/b5-3+/t21-,24+,27-,31-,32-/m0/s1. The molecule has 2 heterocycles. The van der Waals surface area contributed by atoms with E-state index in [0.29, 0.717) is 36.2 Å². The molecule has 2 aliphatic carbocycles. The normalized spacial score (nSPS) is 32.4. The molecule has 218 valence electrons. The number of benzene rings is 2. The number of rotatable bonds is 1. The summed E-state index contributed by atoms with van der Waals surface area (Å²) in [6.45, 7) is 1.96. The minimum absolute atomic E-state index is 0.0811. The van der Waals surface area contributed by atoms with Crippen LogP contribution in [0.5, 0.6) is 5.75 Å². The van der Waals surface area contributed by atoms with Crippen molar-refractivity contribution in [1.29, 1.82) is 0 Å². The van der Waals surface area contributed by atoms with Gasteiger partial charge >= 0.3 is 5.97 Å². The Bertz CT molecular complexity index is 1400. The molecular formula is C32H37ClN2O6. The van der Waals surface area contributed by atoms with Gasteiger partial charge in [0, 0.05) is 37.1 Å². The molecule has 1 amide bonds. The second kappa shape index (κ2) is 10.6. The number of aliphatic hydroxyl groups is 2. The van der Waals surface area contributed by atoms with Crippen molar-refractivity contribution in [3.63, 3.8) is 0 Å². The van der Waals surface area contributed by atoms with Gasteiger partial charge in [-0.25, -0.2) is 4.79 Å². The van der Waals surface area contributed by atoms with Crippen LogP contribution in [0, 0.1) is 11.8 Å². The van der Waals surface area contributed by atoms with Gasteiger partial charge in [0.05, 0.1) is 24.8 Å². The number of aryl methyl sites for hydroxylation is 1. The van der Waals surface area contributed by atoms with Crippen molar-refractivity contribution in [1.82, 2.24) is 4.90 Å². The summed E-state index contributed by atoms with van der Waals surface area (Å²) in [5.74, 6) is -1.08. The number of anilines is 1. The van der Waals surface area contributed by atoms with Crippen LogP contribution in [0.2, 0.25) is 5.02 Å². The summed E-state index contributed by atoms with van der Waals surface area (Å²) in [5.41, 5.74) is 0.572. The van der Waals surface area contributed by atoms with Crippen LogP contribution in [0.4, 0.5) is 5.69 Å². The van der Waals surface area contributed by atoms with Gasteiger partial charge in [-0.15, -0.1) is 0 Å². The lowest BCUT2D eigenvalue weighted by Gasteiger charge is -2.45. The number of likely N-dealkylation sites (N-methyl/N-ethyl adjacent to an activating group) is 1. The second-order valence-electron chi connectivity index (χ2n) is 12.3. The summed E-state index contributed by atoms with van der Waals surface area (Å²) in [6, 6.07) is 11.0. The highest BCUT2D eigenvalue weighted by Crippen LogP contribution is 2.47. The Labute approximate surface area is 245 Å².